The molecule has 2 rings (SSSR count). The van der Waals surface area contributed by atoms with Crippen molar-refractivity contribution in [2.75, 3.05) is 5.75 Å². The van der Waals surface area contributed by atoms with Gasteiger partial charge in [0.15, 0.2) is 5.12 Å². The van der Waals surface area contributed by atoms with Crippen LogP contribution >= 0.6 is 23.1 Å². The van der Waals surface area contributed by atoms with Crippen molar-refractivity contribution in [1.29, 1.82) is 0 Å². The normalized spacial score (nSPS) is 21.5. The maximum Gasteiger partial charge on any atom is 0.329 e. The summed E-state index contributed by atoms with van der Waals surface area (Å²) in [5.74, 6) is -2.06. The summed E-state index contributed by atoms with van der Waals surface area (Å²) < 4.78 is 5.78. The van der Waals surface area contributed by atoms with Crippen LogP contribution in [0.25, 0.3) is 0 Å². The summed E-state index contributed by atoms with van der Waals surface area (Å²) in [6.07, 6.45) is 10.5. The lowest BCUT2D eigenvalue weighted by Crippen LogP contribution is -2.48. The van der Waals surface area contributed by atoms with E-state index in [4.69, 9.17) is 4.74 Å². The van der Waals surface area contributed by atoms with Gasteiger partial charge in [-0.3, -0.25) is 19.2 Å². The predicted molar refractivity (Wildman–Crippen MR) is 175 cm³/mol. The van der Waals surface area contributed by atoms with E-state index in [1.54, 1.807) is 32.2 Å². The van der Waals surface area contributed by atoms with E-state index >= 15 is 0 Å². The molecule has 10 nitrogen and oxygen atoms in total. The molecular formula is C32H48N4O6S2. The number of thioether (sulfide) groups is 1. The molecule has 12 heteroatoms. The Hall–Kier alpha value is -2.99. The zero-order valence-electron chi connectivity index (χ0n) is 26.8. The lowest BCUT2D eigenvalue weighted by Gasteiger charge is -2.25. The Balaban J connectivity index is 2.22. The third-order valence-electron chi connectivity index (χ3n) is 7.03. The molecular weight excluding hydrogens is 601 g/mol. The van der Waals surface area contributed by atoms with Crippen LogP contribution in [0.2, 0.25) is 0 Å². The van der Waals surface area contributed by atoms with E-state index in [2.05, 4.69) is 27.9 Å². The number of carbonyl (C=O) groups excluding carboxylic acids is 5. The number of esters is 1. The van der Waals surface area contributed by atoms with Crippen molar-refractivity contribution >= 4 is 51.9 Å². The van der Waals surface area contributed by atoms with Gasteiger partial charge in [0.05, 0.1) is 12.5 Å². The van der Waals surface area contributed by atoms with E-state index < -0.39 is 36.0 Å². The lowest BCUT2D eigenvalue weighted by atomic mass is 10.0. The molecule has 2 heterocycles. The second-order valence-electron chi connectivity index (χ2n) is 11.5. The first-order valence-corrected chi connectivity index (χ1v) is 17.4. The van der Waals surface area contributed by atoms with Gasteiger partial charge >= 0.3 is 5.97 Å². The molecule has 0 unspecified atom stereocenters. The van der Waals surface area contributed by atoms with Crippen molar-refractivity contribution in [2.45, 2.75) is 111 Å². The molecule has 0 saturated carbocycles. The molecule has 3 amide bonds. The molecule has 0 radical (unpaired) electrons. The van der Waals surface area contributed by atoms with Gasteiger partial charge in [0, 0.05) is 17.6 Å². The third-order valence-corrected chi connectivity index (χ3v) is 8.92. The Kier molecular flexibility index (Phi) is 16.4. The first kappa shape index (κ1) is 37.2. The summed E-state index contributed by atoms with van der Waals surface area (Å²) in [5, 5.41) is 10.5. The molecule has 0 aliphatic carbocycles. The second kappa shape index (κ2) is 19.4. The number of unbranched alkanes of at least 4 members (excludes halogenated alkanes) is 4. The highest BCUT2D eigenvalue weighted by molar-refractivity contribution is 8.13. The molecule has 1 aromatic heterocycles. The van der Waals surface area contributed by atoms with Crippen LogP contribution in [-0.2, 0) is 23.9 Å². The fourth-order valence-corrected chi connectivity index (χ4v) is 6.22. The summed E-state index contributed by atoms with van der Waals surface area (Å²) in [5.41, 5.74) is 0.103. The highest BCUT2D eigenvalue weighted by Gasteiger charge is 2.31. The minimum atomic E-state index is -1.03. The lowest BCUT2D eigenvalue weighted by molar-refractivity contribution is -0.153. The van der Waals surface area contributed by atoms with Gasteiger partial charge in [-0.05, 0) is 37.7 Å². The van der Waals surface area contributed by atoms with E-state index in [0.717, 1.165) is 19.3 Å². The minimum Gasteiger partial charge on any atom is -0.456 e. The predicted octanol–water partition coefficient (Wildman–Crippen LogP) is 5.61. The van der Waals surface area contributed by atoms with E-state index in [1.165, 1.54) is 42.0 Å². The Bertz CT molecular complexity index is 1190. The Morgan fingerprint density at radius 3 is 2.41 bits per heavy atom. The molecule has 244 valence electrons. The zero-order chi connectivity index (χ0) is 32.6. The highest BCUT2D eigenvalue weighted by atomic mass is 32.2. The van der Waals surface area contributed by atoms with Gasteiger partial charge in [-0.15, -0.1) is 11.3 Å². The average molecular weight is 649 g/mol. The molecule has 0 spiro atoms. The molecule has 0 aromatic carbocycles. The second-order valence-corrected chi connectivity index (χ2v) is 13.5. The summed E-state index contributed by atoms with van der Waals surface area (Å²) in [6, 6.07) is -1.50. The minimum absolute atomic E-state index is 0.0201. The quantitative estimate of drug-likeness (QED) is 0.115. The molecule has 1 aromatic rings. The summed E-state index contributed by atoms with van der Waals surface area (Å²) >= 11 is 2.53. The number of rotatable bonds is 12. The number of nitrogens with one attached hydrogen (secondary N) is 3. The number of cyclic esters (lactones) is 1. The van der Waals surface area contributed by atoms with Gasteiger partial charge in [0.1, 0.15) is 28.5 Å². The van der Waals surface area contributed by atoms with Crippen LogP contribution in [0.4, 0.5) is 0 Å². The van der Waals surface area contributed by atoms with Gasteiger partial charge in [-0.1, -0.05) is 84.2 Å². The molecule has 44 heavy (non-hydrogen) atoms. The van der Waals surface area contributed by atoms with Crippen molar-refractivity contribution in [3.63, 3.8) is 0 Å². The number of nitrogens with zero attached hydrogens (tertiary/aromatic N) is 1. The Labute approximate surface area is 269 Å². The van der Waals surface area contributed by atoms with E-state index in [9.17, 15) is 24.0 Å². The number of amides is 3. The number of thiazole rings is 1. The fraction of sp³-hybridized carbons (Fsp3) is 0.625. The molecule has 1 aliphatic heterocycles. The number of fused-ring (bicyclic) bond motifs is 2. The number of ether oxygens (including phenoxy) is 1. The van der Waals surface area contributed by atoms with E-state index in [0.29, 0.717) is 23.6 Å². The van der Waals surface area contributed by atoms with Gasteiger partial charge < -0.3 is 20.7 Å². The standard InChI is InChI=1S/C32H48N4O6S2/c1-7-9-10-11-12-16-26(38)43-17-14-13-15-22-18-25(37)35-27(20(3)4)31-34-24(19-44-31)30(40)33-23(8-2)29(39)36-28(21(5)6)32(41)42-22/h8,13,15,19-22,27-28H,7,9-12,14,16-18H2,1-6H3,(H,33,40)(H,35,37)(H,36,39)/b15-13+,23-8-/t22-,27+,28+/m1/s1. The molecule has 0 saturated heterocycles. The van der Waals surface area contributed by atoms with Crippen LogP contribution in [-0.4, -0.2) is 51.7 Å². The number of carbonyl (C=O) groups is 5. The molecule has 1 aliphatic rings. The van der Waals surface area contributed by atoms with Crippen LogP contribution < -0.4 is 16.0 Å². The fourth-order valence-electron chi connectivity index (χ4n) is 4.43. The molecule has 2 bridgehead atoms. The van der Waals surface area contributed by atoms with Gasteiger partial charge in [-0.25, -0.2) is 9.78 Å². The number of allylic oxidation sites excluding steroid dienone is 2. The maximum atomic E-state index is 13.3. The monoisotopic (exact) mass is 648 g/mol. The summed E-state index contributed by atoms with van der Waals surface area (Å²) in [4.78, 5) is 69.1. The van der Waals surface area contributed by atoms with Crippen LogP contribution in [0.3, 0.4) is 0 Å². The number of hydrogen-bond donors (Lipinski definition) is 3. The topological polar surface area (TPSA) is 144 Å². The molecule has 3 atom stereocenters. The third kappa shape index (κ3) is 12.6. The number of aromatic nitrogens is 1. The zero-order valence-corrected chi connectivity index (χ0v) is 28.4. The first-order valence-electron chi connectivity index (χ1n) is 15.5. The van der Waals surface area contributed by atoms with Crippen LogP contribution in [0, 0.1) is 11.8 Å². The number of hydrogen-bond acceptors (Lipinski definition) is 9. The van der Waals surface area contributed by atoms with Crippen molar-refractivity contribution in [3.8, 4) is 0 Å². The van der Waals surface area contributed by atoms with Crippen molar-refractivity contribution in [2.24, 2.45) is 11.8 Å². The SMILES string of the molecule is C/C=C1\NC(=O)c2csc(n2)[C@H](C(C)C)NC(=O)C[C@@H](/C=C/CCSC(=O)CCCCCCC)OC(=O)[C@H](C(C)C)NC1=O. The van der Waals surface area contributed by atoms with Gasteiger partial charge in [-0.2, -0.15) is 0 Å². The van der Waals surface area contributed by atoms with Gasteiger partial charge in [0.25, 0.3) is 11.8 Å². The van der Waals surface area contributed by atoms with Crippen molar-refractivity contribution < 1.29 is 28.7 Å². The summed E-state index contributed by atoms with van der Waals surface area (Å²) in [7, 11) is 0. The molecule has 3 N–H and O–H groups in total. The highest BCUT2D eigenvalue weighted by Crippen LogP contribution is 2.26. The Morgan fingerprint density at radius 1 is 1.05 bits per heavy atom. The largest absolute Gasteiger partial charge is 0.456 e. The maximum absolute atomic E-state index is 13.3. The van der Waals surface area contributed by atoms with Crippen molar-refractivity contribution in [3.05, 3.63) is 40.0 Å². The van der Waals surface area contributed by atoms with E-state index in [1.807, 2.05) is 19.9 Å². The van der Waals surface area contributed by atoms with Crippen molar-refractivity contribution in [1.82, 2.24) is 20.9 Å². The summed E-state index contributed by atoms with van der Waals surface area (Å²) in [6.45, 7) is 11.2. The van der Waals surface area contributed by atoms with Crippen LogP contribution in [0.1, 0.15) is 114 Å². The van der Waals surface area contributed by atoms with Crippen LogP contribution in [0.5, 0.6) is 0 Å². The van der Waals surface area contributed by atoms with E-state index in [-0.39, 0.29) is 40.7 Å². The Morgan fingerprint density at radius 2 is 1.75 bits per heavy atom. The molecule has 0 fully saturated rings. The average Bonchev–Trinajstić information content (AvgIpc) is 3.46. The first-order chi connectivity index (χ1) is 21.0. The van der Waals surface area contributed by atoms with Crippen LogP contribution in [0.15, 0.2) is 29.3 Å². The smallest absolute Gasteiger partial charge is 0.329 e. The van der Waals surface area contributed by atoms with Gasteiger partial charge in [0.2, 0.25) is 5.91 Å².